The monoisotopic (exact) mass is 315 g/mol. The molecule has 21 heavy (non-hydrogen) atoms. The third-order valence-corrected chi connectivity index (χ3v) is 4.12. The van der Waals surface area contributed by atoms with E-state index in [-0.39, 0.29) is 6.04 Å². The second-order valence-electron chi connectivity index (χ2n) is 4.54. The normalized spacial score (nSPS) is 13.4. The second kappa shape index (κ2) is 6.53. The van der Waals surface area contributed by atoms with Gasteiger partial charge in [-0.1, -0.05) is 37.3 Å². The number of hydrogen-bond donors (Lipinski definition) is 1. The number of hydrogen-bond acceptors (Lipinski definition) is 4. The van der Waals surface area contributed by atoms with Crippen molar-refractivity contribution in [3.63, 3.8) is 0 Å². The van der Waals surface area contributed by atoms with Crippen molar-refractivity contribution in [2.45, 2.75) is 32.5 Å². The summed E-state index contributed by atoms with van der Waals surface area (Å²) in [5, 5.41) is 12.7. The third kappa shape index (κ3) is 3.79. The maximum Gasteiger partial charge on any atom is 0.416 e. The van der Waals surface area contributed by atoms with Gasteiger partial charge in [-0.15, -0.1) is 10.2 Å². The summed E-state index contributed by atoms with van der Waals surface area (Å²) in [6.45, 7) is 4.83. The fraction of sp³-hybridized carbons (Fsp3) is 0.429. The number of alkyl halides is 3. The highest BCUT2D eigenvalue weighted by Gasteiger charge is 2.30. The van der Waals surface area contributed by atoms with E-state index in [4.69, 9.17) is 0 Å². The average molecular weight is 315 g/mol. The molecule has 1 unspecified atom stereocenters. The number of halogens is 3. The zero-order valence-electron chi connectivity index (χ0n) is 11.7. The van der Waals surface area contributed by atoms with Crippen LogP contribution in [-0.2, 0) is 6.18 Å². The van der Waals surface area contributed by atoms with Crippen LogP contribution < -0.4 is 5.32 Å². The number of benzene rings is 1. The molecule has 114 valence electrons. The van der Waals surface area contributed by atoms with Crippen LogP contribution in [0, 0.1) is 0 Å². The molecule has 0 amide bonds. The molecule has 0 saturated carbocycles. The highest BCUT2D eigenvalue weighted by atomic mass is 32.1. The van der Waals surface area contributed by atoms with Gasteiger partial charge >= 0.3 is 6.18 Å². The summed E-state index contributed by atoms with van der Waals surface area (Å²) in [7, 11) is 0. The van der Waals surface area contributed by atoms with Crippen LogP contribution in [-0.4, -0.2) is 16.7 Å². The second-order valence-corrected chi connectivity index (χ2v) is 5.55. The highest BCUT2D eigenvalue weighted by Crippen LogP contribution is 2.33. The Morgan fingerprint density at radius 3 is 2.62 bits per heavy atom. The van der Waals surface area contributed by atoms with Crippen LogP contribution in [0.1, 0.15) is 36.9 Å². The molecule has 0 saturated heterocycles. The predicted octanol–water partition coefficient (Wildman–Crippen LogP) is 4.28. The van der Waals surface area contributed by atoms with Gasteiger partial charge in [0.05, 0.1) is 11.6 Å². The first-order valence-corrected chi connectivity index (χ1v) is 7.51. The van der Waals surface area contributed by atoms with Crippen molar-refractivity contribution in [1.29, 1.82) is 0 Å². The van der Waals surface area contributed by atoms with Gasteiger partial charge in [0.1, 0.15) is 10.0 Å². The Kier molecular flexibility index (Phi) is 4.95. The third-order valence-electron chi connectivity index (χ3n) is 3.03. The SMILES string of the molecule is CCNC(CC)c1nnc(-c2cccc(C(F)(F)F)c2)s1. The van der Waals surface area contributed by atoms with Gasteiger partial charge in [0.25, 0.3) is 0 Å². The fourth-order valence-corrected chi connectivity index (χ4v) is 2.97. The molecule has 0 spiro atoms. The van der Waals surface area contributed by atoms with E-state index in [1.165, 1.54) is 17.4 Å². The Labute approximate surface area is 125 Å². The van der Waals surface area contributed by atoms with Crippen LogP contribution in [0.5, 0.6) is 0 Å². The van der Waals surface area contributed by atoms with Crippen molar-refractivity contribution in [2.75, 3.05) is 6.54 Å². The quantitative estimate of drug-likeness (QED) is 0.894. The Hall–Kier alpha value is -1.47. The summed E-state index contributed by atoms with van der Waals surface area (Å²) in [6.07, 6.45) is -3.50. The largest absolute Gasteiger partial charge is 0.416 e. The summed E-state index contributed by atoms with van der Waals surface area (Å²) >= 11 is 1.33. The molecule has 1 N–H and O–H groups in total. The number of rotatable bonds is 5. The molecule has 7 heteroatoms. The van der Waals surface area contributed by atoms with Gasteiger partial charge in [0.15, 0.2) is 0 Å². The first kappa shape index (κ1) is 15.9. The summed E-state index contributed by atoms with van der Waals surface area (Å²) < 4.78 is 38.2. The number of nitrogens with zero attached hydrogens (tertiary/aromatic N) is 2. The van der Waals surface area contributed by atoms with Gasteiger partial charge in [0.2, 0.25) is 0 Å². The maximum absolute atomic E-state index is 12.7. The standard InChI is InChI=1S/C14H16F3N3S/c1-3-11(18-4-2)13-20-19-12(21-13)9-6-5-7-10(8-9)14(15,16)17/h5-8,11,18H,3-4H2,1-2H3. The molecule has 0 aliphatic carbocycles. The van der Waals surface area contributed by atoms with Gasteiger partial charge in [-0.2, -0.15) is 13.2 Å². The van der Waals surface area contributed by atoms with Crippen LogP contribution in [0.4, 0.5) is 13.2 Å². The van der Waals surface area contributed by atoms with Crippen LogP contribution in [0.15, 0.2) is 24.3 Å². The Bertz CT molecular complexity index is 595. The summed E-state index contributed by atoms with van der Waals surface area (Å²) in [5.41, 5.74) is -0.226. The van der Waals surface area contributed by atoms with Crippen molar-refractivity contribution in [2.24, 2.45) is 0 Å². The Morgan fingerprint density at radius 2 is 2.00 bits per heavy atom. The molecule has 0 radical (unpaired) electrons. The summed E-state index contributed by atoms with van der Waals surface area (Å²) in [5.74, 6) is 0. The zero-order valence-corrected chi connectivity index (χ0v) is 12.6. The lowest BCUT2D eigenvalue weighted by atomic mass is 10.1. The van der Waals surface area contributed by atoms with Crippen LogP contribution >= 0.6 is 11.3 Å². The van der Waals surface area contributed by atoms with E-state index in [1.54, 1.807) is 6.07 Å². The number of nitrogens with one attached hydrogen (secondary N) is 1. The van der Waals surface area contributed by atoms with Gasteiger partial charge in [0, 0.05) is 5.56 Å². The topological polar surface area (TPSA) is 37.8 Å². The van der Waals surface area contributed by atoms with Crippen molar-refractivity contribution >= 4 is 11.3 Å². The van der Waals surface area contributed by atoms with Crippen LogP contribution in [0.3, 0.4) is 0 Å². The van der Waals surface area contributed by atoms with Crippen molar-refractivity contribution in [1.82, 2.24) is 15.5 Å². The van der Waals surface area contributed by atoms with Gasteiger partial charge in [-0.05, 0) is 25.1 Å². The smallest absolute Gasteiger partial charge is 0.308 e. The van der Waals surface area contributed by atoms with Crippen molar-refractivity contribution in [3.05, 3.63) is 34.8 Å². The van der Waals surface area contributed by atoms with E-state index >= 15 is 0 Å². The Balaban J connectivity index is 2.29. The molecule has 1 aromatic heterocycles. The minimum absolute atomic E-state index is 0.0899. The average Bonchev–Trinajstić information content (AvgIpc) is 2.93. The fourth-order valence-electron chi connectivity index (χ4n) is 1.97. The van der Waals surface area contributed by atoms with E-state index < -0.39 is 11.7 Å². The van der Waals surface area contributed by atoms with E-state index in [0.29, 0.717) is 10.6 Å². The molecule has 0 aliphatic rings. The molecule has 2 aromatic rings. The molecule has 1 atom stereocenters. The lowest BCUT2D eigenvalue weighted by molar-refractivity contribution is -0.137. The molecule has 3 nitrogen and oxygen atoms in total. The lowest BCUT2D eigenvalue weighted by Gasteiger charge is -2.11. The summed E-state index contributed by atoms with van der Waals surface area (Å²) in [4.78, 5) is 0. The molecule has 1 heterocycles. The molecular weight excluding hydrogens is 299 g/mol. The van der Waals surface area contributed by atoms with Crippen LogP contribution in [0.25, 0.3) is 10.6 Å². The van der Waals surface area contributed by atoms with E-state index in [9.17, 15) is 13.2 Å². The zero-order chi connectivity index (χ0) is 15.5. The number of aromatic nitrogens is 2. The predicted molar refractivity (Wildman–Crippen MR) is 77.1 cm³/mol. The van der Waals surface area contributed by atoms with E-state index in [1.807, 2.05) is 13.8 Å². The minimum atomic E-state index is -4.35. The van der Waals surface area contributed by atoms with Gasteiger partial charge in [-0.3, -0.25) is 0 Å². The molecule has 2 rings (SSSR count). The van der Waals surface area contributed by atoms with Crippen LogP contribution in [0.2, 0.25) is 0 Å². The summed E-state index contributed by atoms with van der Waals surface area (Å²) in [6, 6.07) is 5.26. The minimum Gasteiger partial charge on any atom is -0.308 e. The maximum atomic E-state index is 12.7. The van der Waals surface area contributed by atoms with Crippen molar-refractivity contribution < 1.29 is 13.2 Å². The molecular formula is C14H16F3N3S. The molecule has 1 aromatic carbocycles. The lowest BCUT2D eigenvalue weighted by Crippen LogP contribution is -2.19. The van der Waals surface area contributed by atoms with Gasteiger partial charge < -0.3 is 5.32 Å². The Morgan fingerprint density at radius 1 is 1.24 bits per heavy atom. The van der Waals surface area contributed by atoms with Crippen molar-refractivity contribution in [3.8, 4) is 10.6 Å². The highest BCUT2D eigenvalue weighted by molar-refractivity contribution is 7.14. The van der Waals surface area contributed by atoms with E-state index in [0.717, 1.165) is 30.1 Å². The molecule has 0 bridgehead atoms. The first-order valence-electron chi connectivity index (χ1n) is 6.70. The van der Waals surface area contributed by atoms with E-state index in [2.05, 4.69) is 15.5 Å². The molecule has 0 fully saturated rings. The molecule has 0 aliphatic heterocycles. The first-order chi connectivity index (χ1) is 9.95. The van der Waals surface area contributed by atoms with Gasteiger partial charge in [-0.25, -0.2) is 0 Å².